The number of methoxy groups -OCH3 is 1. The van der Waals surface area contributed by atoms with Gasteiger partial charge in [-0.15, -0.1) is 11.3 Å². The van der Waals surface area contributed by atoms with E-state index in [1.807, 2.05) is 38.1 Å². The minimum absolute atomic E-state index is 0.0280. The van der Waals surface area contributed by atoms with E-state index in [9.17, 15) is 9.59 Å². The van der Waals surface area contributed by atoms with Crippen molar-refractivity contribution in [3.05, 3.63) is 50.6 Å². The number of hydrogen-bond donors (Lipinski definition) is 1. The molecule has 2 heterocycles. The first-order valence-electron chi connectivity index (χ1n) is 10.6. The highest BCUT2D eigenvalue weighted by molar-refractivity contribution is 8.00. The maximum absolute atomic E-state index is 13.2. The van der Waals surface area contributed by atoms with Crippen LogP contribution in [0.3, 0.4) is 0 Å². The van der Waals surface area contributed by atoms with Gasteiger partial charge in [-0.1, -0.05) is 23.9 Å². The molecule has 1 aliphatic carbocycles. The van der Waals surface area contributed by atoms with E-state index in [0.717, 1.165) is 40.8 Å². The van der Waals surface area contributed by atoms with Gasteiger partial charge in [-0.3, -0.25) is 14.2 Å². The number of carbonyl (C=O) groups is 1. The zero-order valence-electron chi connectivity index (χ0n) is 18.1. The van der Waals surface area contributed by atoms with Gasteiger partial charge in [-0.25, -0.2) is 4.98 Å². The molecule has 1 unspecified atom stereocenters. The van der Waals surface area contributed by atoms with Crippen molar-refractivity contribution in [2.75, 3.05) is 7.11 Å². The summed E-state index contributed by atoms with van der Waals surface area (Å²) in [6.45, 7) is 4.78. The van der Waals surface area contributed by atoms with Crippen LogP contribution in [0.25, 0.3) is 10.2 Å². The van der Waals surface area contributed by atoms with E-state index in [0.29, 0.717) is 18.2 Å². The third-order valence-corrected chi connectivity index (χ3v) is 7.91. The predicted molar refractivity (Wildman–Crippen MR) is 126 cm³/mol. The Kier molecular flexibility index (Phi) is 6.67. The Hall–Kier alpha value is -2.32. The molecule has 6 nitrogen and oxygen atoms in total. The summed E-state index contributed by atoms with van der Waals surface area (Å²) >= 11 is 2.99. The second kappa shape index (κ2) is 9.44. The van der Waals surface area contributed by atoms with Crippen molar-refractivity contribution in [2.45, 2.75) is 63.0 Å². The minimum Gasteiger partial charge on any atom is -0.497 e. The van der Waals surface area contributed by atoms with Gasteiger partial charge in [-0.05, 0) is 62.8 Å². The molecule has 1 aromatic carbocycles. The van der Waals surface area contributed by atoms with Gasteiger partial charge in [0, 0.05) is 18.0 Å². The molecule has 0 saturated carbocycles. The average Bonchev–Trinajstić information content (AvgIpc) is 3.16. The first-order valence-corrected chi connectivity index (χ1v) is 12.3. The molecule has 8 heteroatoms. The number of fused-ring (bicyclic) bond motifs is 3. The number of thiophene rings is 1. The number of benzene rings is 1. The van der Waals surface area contributed by atoms with Crippen molar-refractivity contribution < 1.29 is 9.53 Å². The Balaban J connectivity index is 1.51. The number of amides is 1. The van der Waals surface area contributed by atoms with Crippen LogP contribution in [0.15, 0.2) is 34.2 Å². The first-order chi connectivity index (χ1) is 15.0. The zero-order valence-corrected chi connectivity index (χ0v) is 19.7. The van der Waals surface area contributed by atoms with Crippen molar-refractivity contribution in [2.24, 2.45) is 0 Å². The molecule has 31 heavy (non-hydrogen) atoms. The standard InChI is InChI=1S/C23H27N3O3S2/c1-4-26-22(28)19-17-7-5-6-8-18(17)31-21(19)25-23(26)30-14(2)20(27)24-13-15-9-11-16(29-3)12-10-15/h9-12,14H,4-8,13H2,1-3H3,(H,24,27). The molecular formula is C23H27N3O3S2. The molecule has 0 fully saturated rings. The fourth-order valence-corrected chi connectivity index (χ4v) is 6.18. The van der Waals surface area contributed by atoms with Crippen molar-refractivity contribution in [3.63, 3.8) is 0 Å². The summed E-state index contributed by atoms with van der Waals surface area (Å²) in [5.41, 5.74) is 2.23. The molecule has 2 aromatic heterocycles. The maximum Gasteiger partial charge on any atom is 0.263 e. The van der Waals surface area contributed by atoms with Crippen molar-refractivity contribution >= 4 is 39.2 Å². The minimum atomic E-state index is -0.366. The molecule has 0 bridgehead atoms. The van der Waals surface area contributed by atoms with Crippen LogP contribution in [0.4, 0.5) is 0 Å². The first kappa shape index (κ1) is 21.9. The molecule has 0 saturated heterocycles. The summed E-state index contributed by atoms with van der Waals surface area (Å²) < 4.78 is 6.87. The van der Waals surface area contributed by atoms with E-state index in [1.54, 1.807) is 23.0 Å². The fraction of sp³-hybridized carbons (Fsp3) is 0.435. The summed E-state index contributed by atoms with van der Waals surface area (Å²) in [5.74, 6) is 0.705. The number of thioether (sulfide) groups is 1. The largest absolute Gasteiger partial charge is 0.497 e. The molecule has 1 N–H and O–H groups in total. The summed E-state index contributed by atoms with van der Waals surface area (Å²) in [4.78, 5) is 32.9. The van der Waals surface area contributed by atoms with E-state index < -0.39 is 0 Å². The molecule has 0 radical (unpaired) electrons. The Morgan fingerprint density at radius 2 is 2.03 bits per heavy atom. The molecule has 3 aromatic rings. The Bertz CT molecular complexity index is 1150. The maximum atomic E-state index is 13.2. The quantitative estimate of drug-likeness (QED) is 0.426. The summed E-state index contributed by atoms with van der Waals surface area (Å²) in [6, 6.07) is 7.61. The zero-order chi connectivity index (χ0) is 22.0. The van der Waals surface area contributed by atoms with Crippen LogP contribution in [0, 0.1) is 0 Å². The predicted octanol–water partition coefficient (Wildman–Crippen LogP) is 4.16. The van der Waals surface area contributed by atoms with Crippen LogP contribution in [-0.2, 0) is 30.7 Å². The van der Waals surface area contributed by atoms with Crippen LogP contribution in [0.2, 0.25) is 0 Å². The lowest BCUT2D eigenvalue weighted by molar-refractivity contribution is -0.120. The van der Waals surface area contributed by atoms with Crippen LogP contribution >= 0.6 is 23.1 Å². The van der Waals surface area contributed by atoms with Gasteiger partial charge in [0.25, 0.3) is 5.56 Å². The number of nitrogens with zero attached hydrogens (tertiary/aromatic N) is 2. The Morgan fingerprint density at radius 1 is 1.29 bits per heavy atom. The highest BCUT2D eigenvalue weighted by Gasteiger charge is 2.24. The second-order valence-electron chi connectivity index (χ2n) is 7.66. The number of rotatable bonds is 7. The van der Waals surface area contributed by atoms with Crippen molar-refractivity contribution in [3.8, 4) is 5.75 Å². The molecule has 1 aliphatic rings. The van der Waals surface area contributed by atoms with Crippen molar-refractivity contribution in [1.82, 2.24) is 14.9 Å². The Labute approximate surface area is 190 Å². The lowest BCUT2D eigenvalue weighted by atomic mass is 9.97. The summed E-state index contributed by atoms with van der Waals surface area (Å²) in [5, 5.41) is 4.02. The highest BCUT2D eigenvalue weighted by atomic mass is 32.2. The van der Waals surface area contributed by atoms with Crippen LogP contribution in [0.5, 0.6) is 5.75 Å². The molecule has 4 rings (SSSR count). The van der Waals surface area contributed by atoms with Crippen molar-refractivity contribution in [1.29, 1.82) is 0 Å². The van der Waals surface area contributed by atoms with E-state index in [1.165, 1.54) is 28.6 Å². The second-order valence-corrected chi connectivity index (χ2v) is 10.1. The topological polar surface area (TPSA) is 73.2 Å². The Morgan fingerprint density at radius 3 is 2.74 bits per heavy atom. The molecule has 164 valence electrons. The monoisotopic (exact) mass is 457 g/mol. The third kappa shape index (κ3) is 4.50. The van der Waals surface area contributed by atoms with Gasteiger partial charge in [-0.2, -0.15) is 0 Å². The van der Waals surface area contributed by atoms with Gasteiger partial charge in [0.1, 0.15) is 10.6 Å². The normalized spacial score (nSPS) is 14.3. The average molecular weight is 458 g/mol. The number of aromatic nitrogens is 2. The van der Waals surface area contributed by atoms with Crippen LogP contribution in [-0.4, -0.2) is 27.8 Å². The van der Waals surface area contributed by atoms with Gasteiger partial charge < -0.3 is 10.1 Å². The molecular weight excluding hydrogens is 430 g/mol. The lowest BCUT2D eigenvalue weighted by Crippen LogP contribution is -2.31. The highest BCUT2D eigenvalue weighted by Crippen LogP contribution is 2.35. The fourth-order valence-electron chi connectivity index (χ4n) is 3.88. The summed E-state index contributed by atoms with van der Waals surface area (Å²) in [6.07, 6.45) is 4.31. The molecule has 1 atom stereocenters. The van der Waals surface area contributed by atoms with Gasteiger partial charge in [0.05, 0.1) is 17.7 Å². The van der Waals surface area contributed by atoms with E-state index in [2.05, 4.69) is 5.32 Å². The molecule has 0 spiro atoms. The lowest BCUT2D eigenvalue weighted by Gasteiger charge is -2.15. The van der Waals surface area contributed by atoms with Gasteiger partial charge >= 0.3 is 0 Å². The van der Waals surface area contributed by atoms with E-state index in [4.69, 9.17) is 9.72 Å². The van der Waals surface area contributed by atoms with E-state index in [-0.39, 0.29) is 16.7 Å². The number of hydrogen-bond acceptors (Lipinski definition) is 6. The SMILES string of the molecule is CCn1c(SC(C)C(=O)NCc2ccc(OC)cc2)nc2sc3c(c2c1=O)CCCC3. The van der Waals surface area contributed by atoms with Crippen LogP contribution in [0.1, 0.15) is 42.7 Å². The van der Waals surface area contributed by atoms with Gasteiger partial charge in [0.2, 0.25) is 5.91 Å². The number of aryl methyl sites for hydroxylation is 2. The molecule has 1 amide bonds. The molecule has 0 aliphatic heterocycles. The number of carbonyl (C=O) groups excluding carboxylic acids is 1. The smallest absolute Gasteiger partial charge is 0.263 e. The van der Waals surface area contributed by atoms with Crippen LogP contribution < -0.4 is 15.6 Å². The third-order valence-electron chi connectivity index (χ3n) is 5.63. The van der Waals surface area contributed by atoms with E-state index >= 15 is 0 Å². The van der Waals surface area contributed by atoms with Gasteiger partial charge in [0.15, 0.2) is 5.16 Å². The summed E-state index contributed by atoms with van der Waals surface area (Å²) in [7, 11) is 1.63. The number of nitrogens with one attached hydrogen (secondary N) is 1. The number of ether oxygens (including phenoxy) is 1.